The molecule has 31 heavy (non-hydrogen) atoms. The fourth-order valence-corrected chi connectivity index (χ4v) is 3.89. The Hall–Kier alpha value is -2.89. The predicted octanol–water partition coefficient (Wildman–Crippen LogP) is 3.96. The maximum atomic E-state index is 12.8. The summed E-state index contributed by atoms with van der Waals surface area (Å²) in [6.45, 7) is 7.37. The van der Waals surface area contributed by atoms with Crippen LogP contribution in [-0.2, 0) is 16.0 Å². The van der Waals surface area contributed by atoms with E-state index in [2.05, 4.69) is 41.1 Å². The summed E-state index contributed by atoms with van der Waals surface area (Å²) < 4.78 is 5.01. The van der Waals surface area contributed by atoms with E-state index in [-0.39, 0.29) is 11.9 Å². The molecule has 1 saturated heterocycles. The van der Waals surface area contributed by atoms with Crippen molar-refractivity contribution in [1.29, 1.82) is 0 Å². The van der Waals surface area contributed by atoms with E-state index in [4.69, 9.17) is 4.74 Å². The molecule has 2 heterocycles. The molecule has 1 aliphatic rings. The normalized spacial score (nSPS) is 15.3. The van der Waals surface area contributed by atoms with Crippen LogP contribution in [0.15, 0.2) is 48.7 Å². The standard InChI is InChI=1S/C25H33N3O3/c1-3-31-25(30)22-12-13-23(26-19-22)27-14-7-15-28(17-16-27)24(29)18-20(2)10-11-21-8-5-4-6-9-21/h4-6,8-9,12-13,19-20H,3,7,10-11,14-18H2,1-2H3. The number of anilines is 1. The summed E-state index contributed by atoms with van der Waals surface area (Å²) in [6.07, 6.45) is 5.10. The second-order valence-corrected chi connectivity index (χ2v) is 8.18. The third-order valence-electron chi connectivity index (χ3n) is 5.72. The summed E-state index contributed by atoms with van der Waals surface area (Å²) in [6, 6.07) is 14.1. The number of nitrogens with zero attached hydrogens (tertiary/aromatic N) is 3. The molecule has 1 aliphatic heterocycles. The molecule has 0 spiro atoms. The van der Waals surface area contributed by atoms with Gasteiger partial charge in [-0.15, -0.1) is 0 Å². The average molecular weight is 424 g/mol. The lowest BCUT2D eigenvalue weighted by atomic mass is 9.97. The second kappa shape index (κ2) is 11.5. The maximum Gasteiger partial charge on any atom is 0.339 e. The van der Waals surface area contributed by atoms with Crippen molar-refractivity contribution in [3.63, 3.8) is 0 Å². The Morgan fingerprint density at radius 1 is 1.06 bits per heavy atom. The Labute approximate surface area is 185 Å². The van der Waals surface area contributed by atoms with Gasteiger partial charge in [-0.05, 0) is 49.8 Å². The van der Waals surface area contributed by atoms with Gasteiger partial charge in [-0.2, -0.15) is 0 Å². The van der Waals surface area contributed by atoms with Gasteiger partial charge in [-0.1, -0.05) is 37.3 Å². The predicted molar refractivity (Wildman–Crippen MR) is 122 cm³/mol. The topological polar surface area (TPSA) is 62.7 Å². The highest BCUT2D eigenvalue weighted by molar-refractivity contribution is 5.89. The van der Waals surface area contributed by atoms with Crippen LogP contribution in [0.5, 0.6) is 0 Å². The van der Waals surface area contributed by atoms with Crippen LogP contribution in [0.25, 0.3) is 0 Å². The molecular weight excluding hydrogens is 390 g/mol. The van der Waals surface area contributed by atoms with E-state index in [0.717, 1.165) is 44.7 Å². The van der Waals surface area contributed by atoms with Crippen LogP contribution in [0.3, 0.4) is 0 Å². The lowest BCUT2D eigenvalue weighted by Crippen LogP contribution is -2.36. The zero-order chi connectivity index (χ0) is 22.1. The molecule has 166 valence electrons. The van der Waals surface area contributed by atoms with Gasteiger partial charge in [0.15, 0.2) is 0 Å². The van der Waals surface area contributed by atoms with Crippen LogP contribution in [0, 0.1) is 5.92 Å². The monoisotopic (exact) mass is 423 g/mol. The minimum atomic E-state index is -0.351. The molecule has 0 radical (unpaired) electrons. The maximum absolute atomic E-state index is 12.8. The van der Waals surface area contributed by atoms with Crippen molar-refractivity contribution < 1.29 is 14.3 Å². The van der Waals surface area contributed by atoms with Crippen molar-refractivity contribution in [3.8, 4) is 0 Å². The van der Waals surface area contributed by atoms with Crippen molar-refractivity contribution >= 4 is 17.7 Å². The van der Waals surface area contributed by atoms with Gasteiger partial charge >= 0.3 is 5.97 Å². The van der Waals surface area contributed by atoms with Crippen molar-refractivity contribution in [2.75, 3.05) is 37.7 Å². The number of rotatable bonds is 8. The van der Waals surface area contributed by atoms with E-state index in [0.29, 0.717) is 31.1 Å². The molecular formula is C25H33N3O3. The lowest BCUT2D eigenvalue weighted by Gasteiger charge is -2.24. The number of amides is 1. The quantitative estimate of drug-likeness (QED) is 0.602. The molecule has 0 bridgehead atoms. The van der Waals surface area contributed by atoms with E-state index in [1.165, 1.54) is 5.56 Å². The van der Waals surface area contributed by atoms with Crippen molar-refractivity contribution in [1.82, 2.24) is 9.88 Å². The summed E-state index contributed by atoms with van der Waals surface area (Å²) in [4.78, 5) is 33.3. The number of benzene rings is 1. The third kappa shape index (κ3) is 6.81. The van der Waals surface area contributed by atoms with Gasteiger partial charge in [0.1, 0.15) is 5.82 Å². The Kier molecular flexibility index (Phi) is 8.44. The molecule has 0 saturated carbocycles. The molecule has 1 unspecified atom stereocenters. The number of aryl methyl sites for hydroxylation is 1. The number of hydrogen-bond acceptors (Lipinski definition) is 5. The van der Waals surface area contributed by atoms with Gasteiger partial charge in [-0.3, -0.25) is 4.79 Å². The summed E-state index contributed by atoms with van der Waals surface area (Å²) in [5.41, 5.74) is 1.79. The van der Waals surface area contributed by atoms with Crippen LogP contribution < -0.4 is 4.90 Å². The van der Waals surface area contributed by atoms with Crippen LogP contribution in [0.1, 0.15) is 49.0 Å². The smallest absolute Gasteiger partial charge is 0.339 e. The first-order valence-corrected chi connectivity index (χ1v) is 11.3. The molecule has 1 atom stereocenters. The fourth-order valence-electron chi connectivity index (χ4n) is 3.89. The zero-order valence-corrected chi connectivity index (χ0v) is 18.6. The number of hydrogen-bond donors (Lipinski definition) is 0. The lowest BCUT2D eigenvalue weighted by molar-refractivity contribution is -0.131. The molecule has 1 aromatic carbocycles. The fraction of sp³-hybridized carbons (Fsp3) is 0.480. The molecule has 1 amide bonds. The van der Waals surface area contributed by atoms with Crippen molar-refractivity contribution in [3.05, 3.63) is 59.8 Å². The summed E-state index contributed by atoms with van der Waals surface area (Å²) in [7, 11) is 0. The molecule has 6 nitrogen and oxygen atoms in total. The third-order valence-corrected chi connectivity index (χ3v) is 5.72. The Bertz CT molecular complexity index is 839. The number of ether oxygens (including phenoxy) is 1. The first-order chi connectivity index (χ1) is 15.1. The average Bonchev–Trinajstić information content (AvgIpc) is 3.05. The summed E-state index contributed by atoms with van der Waals surface area (Å²) >= 11 is 0. The van der Waals surface area contributed by atoms with Gasteiger partial charge in [0, 0.05) is 38.8 Å². The minimum absolute atomic E-state index is 0.244. The minimum Gasteiger partial charge on any atom is -0.462 e. The molecule has 2 aromatic rings. The molecule has 0 aliphatic carbocycles. The van der Waals surface area contributed by atoms with Gasteiger partial charge in [0.25, 0.3) is 0 Å². The number of aromatic nitrogens is 1. The van der Waals surface area contributed by atoms with E-state index in [1.54, 1.807) is 19.2 Å². The van der Waals surface area contributed by atoms with E-state index < -0.39 is 0 Å². The largest absolute Gasteiger partial charge is 0.462 e. The molecule has 0 N–H and O–H groups in total. The first-order valence-electron chi connectivity index (χ1n) is 11.3. The van der Waals surface area contributed by atoms with Crippen LogP contribution in [0.2, 0.25) is 0 Å². The highest BCUT2D eigenvalue weighted by Crippen LogP contribution is 2.18. The highest BCUT2D eigenvalue weighted by atomic mass is 16.5. The molecule has 1 aromatic heterocycles. The van der Waals surface area contributed by atoms with Gasteiger partial charge in [0.2, 0.25) is 5.91 Å². The van der Waals surface area contributed by atoms with E-state index in [1.807, 2.05) is 17.0 Å². The van der Waals surface area contributed by atoms with Crippen molar-refractivity contribution in [2.45, 2.75) is 39.5 Å². The number of esters is 1. The number of carbonyl (C=O) groups is 2. The Morgan fingerprint density at radius 2 is 1.87 bits per heavy atom. The van der Waals surface area contributed by atoms with E-state index >= 15 is 0 Å². The van der Waals surface area contributed by atoms with Gasteiger partial charge < -0.3 is 14.5 Å². The van der Waals surface area contributed by atoms with Gasteiger partial charge in [0.05, 0.1) is 12.2 Å². The van der Waals surface area contributed by atoms with Crippen LogP contribution in [0.4, 0.5) is 5.82 Å². The highest BCUT2D eigenvalue weighted by Gasteiger charge is 2.21. The number of carbonyl (C=O) groups excluding carboxylic acids is 2. The summed E-state index contributed by atoms with van der Waals surface area (Å²) in [5.74, 6) is 1.09. The van der Waals surface area contributed by atoms with Gasteiger partial charge in [-0.25, -0.2) is 9.78 Å². The molecule has 6 heteroatoms. The SMILES string of the molecule is CCOC(=O)c1ccc(N2CCCN(C(=O)CC(C)CCc3ccccc3)CC2)nc1. The second-order valence-electron chi connectivity index (χ2n) is 8.18. The Morgan fingerprint density at radius 3 is 2.58 bits per heavy atom. The van der Waals surface area contributed by atoms with Crippen LogP contribution >= 0.6 is 0 Å². The molecule has 3 rings (SSSR count). The van der Waals surface area contributed by atoms with Crippen LogP contribution in [-0.4, -0.2) is 54.5 Å². The summed E-state index contributed by atoms with van der Waals surface area (Å²) in [5, 5.41) is 0. The first kappa shape index (κ1) is 22.8. The number of pyridine rings is 1. The van der Waals surface area contributed by atoms with Crippen molar-refractivity contribution in [2.24, 2.45) is 5.92 Å². The molecule has 1 fully saturated rings. The zero-order valence-electron chi connectivity index (χ0n) is 18.6. The Balaban J connectivity index is 1.47. The van der Waals surface area contributed by atoms with E-state index in [9.17, 15) is 9.59 Å².